The van der Waals surface area contributed by atoms with Gasteiger partial charge in [0.2, 0.25) is 5.91 Å². The highest BCUT2D eigenvalue weighted by molar-refractivity contribution is 6.00. The highest BCUT2D eigenvalue weighted by Gasteiger charge is 2.23. The maximum atomic E-state index is 12.4. The van der Waals surface area contributed by atoms with Crippen LogP contribution < -0.4 is 5.32 Å². The van der Waals surface area contributed by atoms with Crippen LogP contribution in [0.2, 0.25) is 0 Å². The van der Waals surface area contributed by atoms with Crippen molar-refractivity contribution in [1.29, 1.82) is 0 Å². The fraction of sp³-hybridized carbons (Fsp3) is 0.500. The molecule has 110 valence electrons. The molecule has 0 radical (unpaired) electrons. The minimum Gasteiger partial charge on any atom is -0.355 e. The van der Waals surface area contributed by atoms with Crippen LogP contribution >= 0.6 is 0 Å². The van der Waals surface area contributed by atoms with Crippen molar-refractivity contribution in [3.05, 3.63) is 35.9 Å². The minimum atomic E-state index is -0.259. The maximum Gasteiger partial charge on any atom is 0.234 e. The first-order chi connectivity index (χ1) is 9.60. The third kappa shape index (κ3) is 4.78. The number of rotatable bonds is 8. The second kappa shape index (κ2) is 8.48. The van der Waals surface area contributed by atoms with E-state index in [0.717, 1.165) is 6.42 Å². The zero-order chi connectivity index (χ0) is 15.0. The van der Waals surface area contributed by atoms with E-state index in [1.165, 1.54) is 0 Å². The quantitative estimate of drug-likeness (QED) is 0.740. The van der Waals surface area contributed by atoms with Gasteiger partial charge in [-0.25, -0.2) is 0 Å². The van der Waals surface area contributed by atoms with Gasteiger partial charge < -0.3 is 5.32 Å². The van der Waals surface area contributed by atoms with Gasteiger partial charge in [0.15, 0.2) is 5.78 Å². The number of Topliss-reactive ketones (excluding diaryl/α,β-unsaturated/α-hetero) is 1. The molecule has 4 heteroatoms. The molecule has 0 aliphatic carbocycles. The molecule has 1 atom stereocenters. The lowest BCUT2D eigenvalue weighted by atomic mass is 10.0. The normalized spacial score (nSPS) is 12.2. The smallest absolute Gasteiger partial charge is 0.234 e. The van der Waals surface area contributed by atoms with Crippen LogP contribution in [0.1, 0.15) is 37.0 Å². The second-order valence-electron chi connectivity index (χ2n) is 4.92. The molecular formula is C16H24N2O2. The van der Waals surface area contributed by atoms with Crippen LogP contribution in [0, 0.1) is 0 Å². The standard InChI is InChI=1S/C16H24N2O2/c1-4-11-17-15(19)12-18(3)14(5-2)16(20)13-9-7-6-8-10-13/h6-10,14H,4-5,11-12H2,1-3H3,(H,17,19). The zero-order valence-electron chi connectivity index (χ0n) is 12.6. The van der Waals surface area contributed by atoms with E-state index < -0.39 is 0 Å². The molecule has 1 rings (SSSR count). The summed E-state index contributed by atoms with van der Waals surface area (Å²) >= 11 is 0. The van der Waals surface area contributed by atoms with E-state index in [2.05, 4.69) is 5.32 Å². The SMILES string of the molecule is CCCNC(=O)CN(C)C(CC)C(=O)c1ccccc1. The molecule has 0 aromatic heterocycles. The van der Waals surface area contributed by atoms with Crippen molar-refractivity contribution in [2.45, 2.75) is 32.7 Å². The number of ketones is 1. The average molecular weight is 276 g/mol. The molecule has 0 aliphatic rings. The summed E-state index contributed by atoms with van der Waals surface area (Å²) in [5.41, 5.74) is 0.695. The number of nitrogens with one attached hydrogen (secondary N) is 1. The summed E-state index contributed by atoms with van der Waals surface area (Å²) in [7, 11) is 1.82. The van der Waals surface area contributed by atoms with Gasteiger partial charge in [-0.1, -0.05) is 44.2 Å². The summed E-state index contributed by atoms with van der Waals surface area (Å²) in [6, 6.07) is 8.97. The van der Waals surface area contributed by atoms with Crippen LogP contribution in [-0.4, -0.2) is 42.8 Å². The average Bonchev–Trinajstić information content (AvgIpc) is 2.46. The number of likely N-dealkylation sites (N-methyl/N-ethyl adjacent to an activating group) is 1. The molecule has 0 saturated carbocycles. The van der Waals surface area contributed by atoms with Crippen molar-refractivity contribution in [2.75, 3.05) is 20.1 Å². The number of amides is 1. The lowest BCUT2D eigenvalue weighted by Crippen LogP contribution is -2.44. The summed E-state index contributed by atoms with van der Waals surface area (Å²) in [6.07, 6.45) is 1.60. The summed E-state index contributed by atoms with van der Waals surface area (Å²) in [5, 5.41) is 2.83. The zero-order valence-corrected chi connectivity index (χ0v) is 12.6. The van der Waals surface area contributed by atoms with E-state index in [0.29, 0.717) is 18.5 Å². The Hall–Kier alpha value is -1.68. The lowest BCUT2D eigenvalue weighted by molar-refractivity contribution is -0.122. The first-order valence-electron chi connectivity index (χ1n) is 7.16. The van der Waals surface area contributed by atoms with Gasteiger partial charge in [-0.15, -0.1) is 0 Å². The molecule has 1 N–H and O–H groups in total. The molecule has 1 aromatic carbocycles. The highest BCUT2D eigenvalue weighted by atomic mass is 16.2. The summed E-state index contributed by atoms with van der Waals surface area (Å²) in [5.74, 6) is 0.0348. The number of benzene rings is 1. The third-order valence-corrected chi connectivity index (χ3v) is 3.24. The molecule has 0 spiro atoms. The first kappa shape index (κ1) is 16.4. The number of carbonyl (C=O) groups excluding carboxylic acids is 2. The van der Waals surface area contributed by atoms with Gasteiger partial charge in [-0.3, -0.25) is 14.5 Å². The molecule has 20 heavy (non-hydrogen) atoms. The van der Waals surface area contributed by atoms with Gasteiger partial charge >= 0.3 is 0 Å². The van der Waals surface area contributed by atoms with Crippen LogP contribution in [0.3, 0.4) is 0 Å². The maximum absolute atomic E-state index is 12.4. The number of hydrogen-bond acceptors (Lipinski definition) is 3. The van der Waals surface area contributed by atoms with E-state index in [1.807, 2.05) is 56.1 Å². The molecule has 4 nitrogen and oxygen atoms in total. The van der Waals surface area contributed by atoms with Gasteiger partial charge in [0.25, 0.3) is 0 Å². The molecule has 0 heterocycles. The third-order valence-electron chi connectivity index (χ3n) is 3.24. The fourth-order valence-electron chi connectivity index (χ4n) is 2.15. The molecule has 0 saturated heterocycles. The monoisotopic (exact) mass is 276 g/mol. The van der Waals surface area contributed by atoms with Crippen LogP contribution in [0.15, 0.2) is 30.3 Å². The number of nitrogens with zero attached hydrogens (tertiary/aromatic N) is 1. The number of hydrogen-bond donors (Lipinski definition) is 1. The molecular weight excluding hydrogens is 252 g/mol. The lowest BCUT2D eigenvalue weighted by Gasteiger charge is -2.25. The molecule has 0 aliphatic heterocycles. The Labute approximate surface area is 121 Å². The van der Waals surface area contributed by atoms with E-state index in [1.54, 1.807) is 0 Å². The van der Waals surface area contributed by atoms with E-state index in [4.69, 9.17) is 0 Å². The van der Waals surface area contributed by atoms with Gasteiger partial charge in [0.1, 0.15) is 0 Å². The van der Waals surface area contributed by atoms with E-state index in [9.17, 15) is 9.59 Å². The first-order valence-corrected chi connectivity index (χ1v) is 7.16. The van der Waals surface area contributed by atoms with Crippen molar-refractivity contribution in [1.82, 2.24) is 10.2 Å². The molecule has 0 bridgehead atoms. The Morgan fingerprint density at radius 1 is 1.20 bits per heavy atom. The Kier molecular flexibility index (Phi) is 6.94. The summed E-state index contributed by atoms with van der Waals surface area (Å²) in [4.78, 5) is 26.0. The number of carbonyl (C=O) groups is 2. The van der Waals surface area contributed by atoms with Gasteiger partial charge in [-0.05, 0) is 19.9 Å². The van der Waals surface area contributed by atoms with Gasteiger partial charge in [0.05, 0.1) is 12.6 Å². The van der Waals surface area contributed by atoms with Crippen molar-refractivity contribution in [3.63, 3.8) is 0 Å². The Bertz CT molecular complexity index is 431. The van der Waals surface area contributed by atoms with Gasteiger partial charge in [-0.2, -0.15) is 0 Å². The van der Waals surface area contributed by atoms with Crippen molar-refractivity contribution in [3.8, 4) is 0 Å². The molecule has 1 amide bonds. The second-order valence-corrected chi connectivity index (χ2v) is 4.92. The van der Waals surface area contributed by atoms with Crippen molar-refractivity contribution >= 4 is 11.7 Å². The largest absolute Gasteiger partial charge is 0.355 e. The van der Waals surface area contributed by atoms with Crippen LogP contribution in [-0.2, 0) is 4.79 Å². The summed E-state index contributed by atoms with van der Waals surface area (Å²) in [6.45, 7) is 4.90. The van der Waals surface area contributed by atoms with Crippen molar-refractivity contribution < 1.29 is 9.59 Å². The van der Waals surface area contributed by atoms with E-state index >= 15 is 0 Å². The Balaban J connectivity index is 2.65. The highest BCUT2D eigenvalue weighted by Crippen LogP contribution is 2.10. The van der Waals surface area contributed by atoms with Crippen LogP contribution in [0.5, 0.6) is 0 Å². The topological polar surface area (TPSA) is 49.4 Å². The van der Waals surface area contributed by atoms with Crippen molar-refractivity contribution in [2.24, 2.45) is 0 Å². The fourth-order valence-corrected chi connectivity index (χ4v) is 2.15. The summed E-state index contributed by atoms with van der Waals surface area (Å²) < 4.78 is 0. The Morgan fingerprint density at radius 3 is 2.40 bits per heavy atom. The predicted molar refractivity (Wildman–Crippen MR) is 80.8 cm³/mol. The predicted octanol–water partition coefficient (Wildman–Crippen LogP) is 2.11. The van der Waals surface area contributed by atoms with Crippen LogP contribution in [0.25, 0.3) is 0 Å². The molecule has 1 aromatic rings. The van der Waals surface area contributed by atoms with Gasteiger partial charge in [0, 0.05) is 12.1 Å². The molecule has 1 unspecified atom stereocenters. The molecule has 0 fully saturated rings. The minimum absolute atomic E-state index is 0.0336. The van der Waals surface area contributed by atoms with Crippen LogP contribution in [0.4, 0.5) is 0 Å². The van der Waals surface area contributed by atoms with E-state index in [-0.39, 0.29) is 24.3 Å². The Morgan fingerprint density at radius 2 is 1.85 bits per heavy atom.